The predicted molar refractivity (Wildman–Crippen MR) is 62.4 cm³/mol. The van der Waals surface area contributed by atoms with Crippen LogP contribution < -0.4 is 4.72 Å². The van der Waals surface area contributed by atoms with E-state index in [1.807, 2.05) is 18.7 Å². The smallest absolute Gasteiger partial charge is 0.225 e. The second-order valence-corrected chi connectivity index (χ2v) is 6.42. The van der Waals surface area contributed by atoms with Gasteiger partial charge in [0, 0.05) is 25.0 Å². The first-order valence-corrected chi connectivity index (χ1v) is 7.45. The van der Waals surface area contributed by atoms with Gasteiger partial charge in [-0.05, 0) is 12.8 Å². The first-order chi connectivity index (χ1) is 7.29. The third-order valence-electron chi connectivity index (χ3n) is 2.68. The molecule has 5 nitrogen and oxygen atoms in total. The summed E-state index contributed by atoms with van der Waals surface area (Å²) in [5.41, 5.74) is 0. The lowest BCUT2D eigenvalue weighted by molar-refractivity contribution is -0.135. The fraction of sp³-hybridized carbons (Fsp3) is 0.900. The molecule has 0 spiro atoms. The molecule has 0 saturated carbocycles. The van der Waals surface area contributed by atoms with Gasteiger partial charge in [0.25, 0.3) is 0 Å². The molecule has 0 aliphatic carbocycles. The van der Waals surface area contributed by atoms with E-state index in [2.05, 4.69) is 4.72 Å². The Balaban J connectivity index is 2.43. The molecule has 0 bridgehead atoms. The number of piperidine rings is 1. The van der Waals surface area contributed by atoms with E-state index >= 15 is 0 Å². The van der Waals surface area contributed by atoms with Crippen molar-refractivity contribution in [1.82, 2.24) is 9.62 Å². The zero-order chi connectivity index (χ0) is 12.3. The minimum atomic E-state index is -3.13. The number of nitrogens with one attached hydrogen (secondary N) is 1. The predicted octanol–water partition coefficient (Wildman–Crippen LogP) is 0.183. The summed E-state index contributed by atoms with van der Waals surface area (Å²) in [4.78, 5) is 13.5. The molecule has 1 N–H and O–H groups in total. The van der Waals surface area contributed by atoms with Crippen molar-refractivity contribution in [3.05, 3.63) is 0 Å². The molecular formula is C10H20N2O3S. The van der Waals surface area contributed by atoms with Crippen molar-refractivity contribution < 1.29 is 13.2 Å². The molecule has 1 rings (SSSR count). The van der Waals surface area contributed by atoms with Gasteiger partial charge in [0.15, 0.2) is 0 Å². The maximum Gasteiger partial charge on any atom is 0.225 e. The Hall–Kier alpha value is -0.620. The van der Waals surface area contributed by atoms with Crippen LogP contribution in [0, 0.1) is 5.92 Å². The standard InChI is InChI=1S/C10H20N2O3S/c1-8(2)10(13)12-6-4-9(5-7-12)11-16(3,14)15/h8-9,11H,4-7H2,1-3H3. The number of hydrogen-bond acceptors (Lipinski definition) is 3. The van der Waals surface area contributed by atoms with Gasteiger partial charge in [-0.15, -0.1) is 0 Å². The van der Waals surface area contributed by atoms with Crippen LogP contribution in [-0.2, 0) is 14.8 Å². The minimum Gasteiger partial charge on any atom is -0.342 e. The van der Waals surface area contributed by atoms with Gasteiger partial charge in [0.05, 0.1) is 6.26 Å². The monoisotopic (exact) mass is 248 g/mol. The lowest BCUT2D eigenvalue weighted by Crippen LogP contribution is -2.47. The Labute approximate surface area is 97.2 Å². The van der Waals surface area contributed by atoms with E-state index in [0.717, 1.165) is 0 Å². The number of likely N-dealkylation sites (tertiary alicyclic amines) is 1. The molecule has 0 aromatic heterocycles. The van der Waals surface area contributed by atoms with Gasteiger partial charge >= 0.3 is 0 Å². The maximum atomic E-state index is 11.7. The van der Waals surface area contributed by atoms with Crippen molar-refractivity contribution in [2.45, 2.75) is 32.7 Å². The number of amides is 1. The van der Waals surface area contributed by atoms with Crippen LogP contribution in [0.2, 0.25) is 0 Å². The molecule has 16 heavy (non-hydrogen) atoms. The van der Waals surface area contributed by atoms with E-state index < -0.39 is 10.0 Å². The molecule has 1 heterocycles. The largest absolute Gasteiger partial charge is 0.342 e. The summed E-state index contributed by atoms with van der Waals surface area (Å²) in [5.74, 6) is 0.164. The third-order valence-corrected chi connectivity index (χ3v) is 3.44. The van der Waals surface area contributed by atoms with Gasteiger partial charge in [0.2, 0.25) is 15.9 Å². The van der Waals surface area contributed by atoms with E-state index in [1.165, 1.54) is 6.26 Å². The highest BCUT2D eigenvalue weighted by Gasteiger charge is 2.25. The van der Waals surface area contributed by atoms with E-state index in [9.17, 15) is 13.2 Å². The molecule has 0 unspecified atom stereocenters. The summed E-state index contributed by atoms with van der Waals surface area (Å²) in [7, 11) is -3.13. The van der Waals surface area contributed by atoms with Crippen LogP contribution in [0.3, 0.4) is 0 Å². The lowest BCUT2D eigenvalue weighted by Gasteiger charge is -2.33. The fourth-order valence-electron chi connectivity index (χ4n) is 1.89. The molecule has 1 saturated heterocycles. The molecule has 0 atom stereocenters. The third kappa shape index (κ3) is 4.09. The topological polar surface area (TPSA) is 66.5 Å². The molecule has 0 aromatic rings. The second kappa shape index (κ2) is 5.14. The summed E-state index contributed by atoms with van der Waals surface area (Å²) >= 11 is 0. The molecule has 94 valence electrons. The lowest BCUT2D eigenvalue weighted by atomic mass is 10.0. The van der Waals surface area contributed by atoms with E-state index in [1.54, 1.807) is 0 Å². The molecule has 0 aromatic carbocycles. The highest BCUT2D eigenvalue weighted by Crippen LogP contribution is 2.13. The van der Waals surface area contributed by atoms with Crippen molar-refractivity contribution in [2.24, 2.45) is 5.92 Å². The van der Waals surface area contributed by atoms with Gasteiger partial charge in [-0.1, -0.05) is 13.8 Å². The first-order valence-electron chi connectivity index (χ1n) is 5.55. The zero-order valence-corrected chi connectivity index (χ0v) is 10.9. The van der Waals surface area contributed by atoms with Gasteiger partial charge in [0.1, 0.15) is 0 Å². The SMILES string of the molecule is CC(C)C(=O)N1CCC(NS(C)(=O)=O)CC1. The molecular weight excluding hydrogens is 228 g/mol. The Morgan fingerprint density at radius 1 is 1.31 bits per heavy atom. The Morgan fingerprint density at radius 2 is 1.81 bits per heavy atom. The Bertz CT molecular complexity index is 343. The van der Waals surface area contributed by atoms with Crippen molar-refractivity contribution in [2.75, 3.05) is 19.3 Å². The van der Waals surface area contributed by atoms with Crippen LogP contribution in [0.1, 0.15) is 26.7 Å². The Morgan fingerprint density at radius 3 is 2.19 bits per heavy atom. The molecule has 1 fully saturated rings. The van der Waals surface area contributed by atoms with Crippen LogP contribution >= 0.6 is 0 Å². The fourth-order valence-corrected chi connectivity index (χ4v) is 2.73. The van der Waals surface area contributed by atoms with E-state index in [4.69, 9.17) is 0 Å². The van der Waals surface area contributed by atoms with Gasteiger partial charge in [-0.3, -0.25) is 4.79 Å². The molecule has 1 aliphatic rings. The average Bonchev–Trinajstić information content (AvgIpc) is 2.15. The van der Waals surface area contributed by atoms with Crippen LogP contribution in [0.4, 0.5) is 0 Å². The summed E-state index contributed by atoms with van der Waals surface area (Å²) in [6.45, 7) is 5.04. The number of carbonyl (C=O) groups excluding carboxylic acids is 1. The summed E-state index contributed by atoms with van der Waals surface area (Å²) in [6.07, 6.45) is 2.57. The van der Waals surface area contributed by atoms with Crippen molar-refractivity contribution >= 4 is 15.9 Å². The summed E-state index contributed by atoms with van der Waals surface area (Å²) in [6, 6.07) is -0.0220. The van der Waals surface area contributed by atoms with Crippen molar-refractivity contribution in [3.8, 4) is 0 Å². The minimum absolute atomic E-state index is 0.0133. The van der Waals surface area contributed by atoms with Crippen LogP contribution in [-0.4, -0.2) is 44.6 Å². The average molecular weight is 248 g/mol. The molecule has 6 heteroatoms. The highest BCUT2D eigenvalue weighted by atomic mass is 32.2. The zero-order valence-electron chi connectivity index (χ0n) is 10.1. The number of nitrogens with zero attached hydrogens (tertiary/aromatic N) is 1. The van der Waals surface area contributed by atoms with Gasteiger partial charge in [-0.2, -0.15) is 0 Å². The number of rotatable bonds is 3. The number of carbonyl (C=O) groups is 1. The van der Waals surface area contributed by atoms with Gasteiger partial charge in [-0.25, -0.2) is 13.1 Å². The maximum absolute atomic E-state index is 11.7. The normalized spacial score (nSPS) is 19.1. The quantitative estimate of drug-likeness (QED) is 0.775. The van der Waals surface area contributed by atoms with Crippen LogP contribution in [0.5, 0.6) is 0 Å². The van der Waals surface area contributed by atoms with Crippen LogP contribution in [0.15, 0.2) is 0 Å². The number of sulfonamides is 1. The van der Waals surface area contributed by atoms with Crippen molar-refractivity contribution in [3.63, 3.8) is 0 Å². The second-order valence-electron chi connectivity index (χ2n) is 4.64. The molecule has 1 aliphatic heterocycles. The first kappa shape index (κ1) is 13.4. The van der Waals surface area contributed by atoms with Gasteiger partial charge < -0.3 is 4.90 Å². The highest BCUT2D eigenvalue weighted by molar-refractivity contribution is 7.88. The summed E-state index contributed by atoms with van der Waals surface area (Å²) in [5, 5.41) is 0. The van der Waals surface area contributed by atoms with E-state index in [0.29, 0.717) is 25.9 Å². The number of hydrogen-bond donors (Lipinski definition) is 1. The molecule has 0 radical (unpaired) electrons. The van der Waals surface area contributed by atoms with Crippen LogP contribution in [0.25, 0.3) is 0 Å². The Kier molecular flexibility index (Phi) is 4.32. The van der Waals surface area contributed by atoms with E-state index in [-0.39, 0.29) is 17.9 Å². The molecule has 1 amide bonds. The summed E-state index contributed by atoms with van der Waals surface area (Å²) < 4.78 is 24.6. The van der Waals surface area contributed by atoms with Crippen molar-refractivity contribution in [1.29, 1.82) is 0 Å².